The zero-order valence-electron chi connectivity index (χ0n) is 9.14. The van der Waals surface area contributed by atoms with Gasteiger partial charge in [0.25, 0.3) is 0 Å². The van der Waals surface area contributed by atoms with Crippen molar-refractivity contribution in [2.24, 2.45) is 5.41 Å². The van der Waals surface area contributed by atoms with Crippen molar-refractivity contribution in [3.8, 4) is 0 Å². The van der Waals surface area contributed by atoms with Crippen LogP contribution in [0.2, 0.25) is 0 Å². The lowest BCUT2D eigenvalue weighted by Gasteiger charge is -2.21. The Kier molecular flexibility index (Phi) is 4.89. The minimum Gasteiger partial charge on any atom is -0.300 e. The van der Waals surface area contributed by atoms with Crippen molar-refractivity contribution in [3.63, 3.8) is 0 Å². The second-order valence-electron chi connectivity index (χ2n) is 4.51. The first-order chi connectivity index (χ1) is 5.87. The lowest BCUT2D eigenvalue weighted by molar-refractivity contribution is -0.122. The number of carbonyl (C=O) groups is 2. The van der Waals surface area contributed by atoms with Gasteiger partial charge in [0, 0.05) is 19.3 Å². The van der Waals surface area contributed by atoms with Crippen LogP contribution in [0.3, 0.4) is 0 Å². The first-order valence-electron chi connectivity index (χ1n) is 4.88. The zero-order chi connectivity index (χ0) is 10.5. The van der Waals surface area contributed by atoms with Gasteiger partial charge >= 0.3 is 0 Å². The number of rotatable bonds is 6. The number of Topliss-reactive ketones (excluding diaryl/α,β-unsaturated/α-hetero) is 2. The van der Waals surface area contributed by atoms with Crippen molar-refractivity contribution in [3.05, 3.63) is 0 Å². The predicted molar refractivity (Wildman–Crippen MR) is 53.6 cm³/mol. The molecule has 0 saturated carbocycles. The lowest BCUT2D eigenvalue weighted by atomic mass is 9.82. The van der Waals surface area contributed by atoms with E-state index in [1.165, 1.54) is 0 Å². The van der Waals surface area contributed by atoms with Crippen molar-refractivity contribution in [2.75, 3.05) is 0 Å². The number of carbonyl (C=O) groups excluding carboxylic acids is 2. The van der Waals surface area contributed by atoms with E-state index in [4.69, 9.17) is 0 Å². The maximum absolute atomic E-state index is 11.3. The highest BCUT2D eigenvalue weighted by Crippen LogP contribution is 2.26. The highest BCUT2D eigenvalue weighted by Gasteiger charge is 2.22. The van der Waals surface area contributed by atoms with Gasteiger partial charge < -0.3 is 4.79 Å². The molecule has 0 aliphatic heterocycles. The zero-order valence-corrected chi connectivity index (χ0v) is 9.14. The maximum Gasteiger partial charge on any atom is 0.133 e. The fraction of sp³-hybridized carbons (Fsp3) is 0.818. The molecule has 2 heteroatoms. The molecule has 0 spiro atoms. The summed E-state index contributed by atoms with van der Waals surface area (Å²) in [6, 6.07) is 0. The summed E-state index contributed by atoms with van der Waals surface area (Å²) < 4.78 is 0. The Hall–Kier alpha value is -0.660. The third-order valence-electron chi connectivity index (χ3n) is 1.93. The monoisotopic (exact) mass is 184 g/mol. The van der Waals surface area contributed by atoms with Crippen LogP contribution < -0.4 is 0 Å². The van der Waals surface area contributed by atoms with E-state index in [1.807, 2.05) is 20.8 Å². The smallest absolute Gasteiger partial charge is 0.133 e. The van der Waals surface area contributed by atoms with Crippen LogP contribution in [0.1, 0.15) is 53.4 Å². The highest BCUT2D eigenvalue weighted by molar-refractivity contribution is 5.81. The summed E-state index contributed by atoms with van der Waals surface area (Å²) in [7, 11) is 0. The minimum absolute atomic E-state index is 0.155. The normalized spacial score (nSPS) is 11.4. The van der Waals surface area contributed by atoms with E-state index in [0.29, 0.717) is 19.3 Å². The van der Waals surface area contributed by atoms with Crippen molar-refractivity contribution >= 4 is 11.6 Å². The Morgan fingerprint density at radius 3 is 2.08 bits per heavy atom. The van der Waals surface area contributed by atoms with Crippen LogP contribution in [-0.2, 0) is 9.59 Å². The third kappa shape index (κ3) is 6.50. The average molecular weight is 184 g/mol. The van der Waals surface area contributed by atoms with Crippen LogP contribution in [0.5, 0.6) is 0 Å². The number of ketones is 2. The molecule has 0 unspecified atom stereocenters. The minimum atomic E-state index is -0.155. The summed E-state index contributed by atoms with van der Waals surface area (Å²) in [4.78, 5) is 22.2. The van der Waals surface area contributed by atoms with Crippen LogP contribution in [-0.4, -0.2) is 11.6 Å². The topological polar surface area (TPSA) is 34.1 Å². The molecule has 0 aromatic rings. The van der Waals surface area contributed by atoms with Gasteiger partial charge in [-0.05, 0) is 18.8 Å². The van der Waals surface area contributed by atoms with Gasteiger partial charge in [-0.3, -0.25) is 4.79 Å². The fourth-order valence-electron chi connectivity index (χ4n) is 1.64. The molecule has 0 amide bonds. The van der Waals surface area contributed by atoms with E-state index in [1.54, 1.807) is 6.92 Å². The largest absolute Gasteiger partial charge is 0.300 e. The van der Waals surface area contributed by atoms with E-state index in [2.05, 4.69) is 0 Å². The number of hydrogen-bond acceptors (Lipinski definition) is 2. The molecule has 0 fully saturated rings. The van der Waals surface area contributed by atoms with Gasteiger partial charge in [0.05, 0.1) is 0 Å². The molecule has 0 bridgehead atoms. The summed E-state index contributed by atoms with van der Waals surface area (Å²) in [6.45, 7) is 7.52. The second-order valence-corrected chi connectivity index (χ2v) is 4.51. The summed E-state index contributed by atoms with van der Waals surface area (Å²) in [5.74, 6) is 0.433. The Morgan fingerprint density at radius 2 is 1.69 bits per heavy atom. The van der Waals surface area contributed by atoms with Crippen LogP contribution in [0.4, 0.5) is 0 Å². The molecule has 76 valence electrons. The van der Waals surface area contributed by atoms with Crippen molar-refractivity contribution in [1.29, 1.82) is 0 Å². The van der Waals surface area contributed by atoms with Crippen LogP contribution in [0, 0.1) is 5.41 Å². The van der Waals surface area contributed by atoms with E-state index in [0.717, 1.165) is 6.42 Å². The van der Waals surface area contributed by atoms with E-state index >= 15 is 0 Å². The molecule has 0 aromatic carbocycles. The Balaban J connectivity index is 4.00. The SMILES string of the molecule is CCCC(=O)CC(C)(C)CC(C)=O. The molecule has 0 N–H and O–H groups in total. The molecule has 0 rings (SSSR count). The molecule has 0 radical (unpaired) electrons. The molecule has 13 heavy (non-hydrogen) atoms. The molecule has 0 aliphatic rings. The van der Waals surface area contributed by atoms with Crippen molar-refractivity contribution < 1.29 is 9.59 Å². The summed E-state index contributed by atoms with van der Waals surface area (Å²) in [6.07, 6.45) is 2.57. The van der Waals surface area contributed by atoms with Crippen LogP contribution in [0.25, 0.3) is 0 Å². The Labute approximate surface area is 80.7 Å². The van der Waals surface area contributed by atoms with E-state index in [9.17, 15) is 9.59 Å². The Morgan fingerprint density at radius 1 is 1.15 bits per heavy atom. The van der Waals surface area contributed by atoms with Gasteiger partial charge in [-0.2, -0.15) is 0 Å². The van der Waals surface area contributed by atoms with Crippen molar-refractivity contribution in [2.45, 2.75) is 53.4 Å². The molecule has 0 atom stereocenters. The number of hydrogen-bond donors (Lipinski definition) is 0. The van der Waals surface area contributed by atoms with Crippen molar-refractivity contribution in [1.82, 2.24) is 0 Å². The van der Waals surface area contributed by atoms with Gasteiger partial charge in [-0.25, -0.2) is 0 Å². The molecule has 0 aliphatic carbocycles. The van der Waals surface area contributed by atoms with Gasteiger partial charge in [0.1, 0.15) is 11.6 Å². The summed E-state index contributed by atoms with van der Waals surface area (Å²) in [5.41, 5.74) is -0.155. The van der Waals surface area contributed by atoms with E-state index in [-0.39, 0.29) is 17.0 Å². The fourth-order valence-corrected chi connectivity index (χ4v) is 1.64. The molecular weight excluding hydrogens is 164 g/mol. The molecular formula is C11H20O2. The second kappa shape index (κ2) is 5.15. The summed E-state index contributed by atoms with van der Waals surface area (Å²) in [5, 5.41) is 0. The van der Waals surface area contributed by atoms with E-state index < -0.39 is 0 Å². The maximum atomic E-state index is 11.3. The molecule has 2 nitrogen and oxygen atoms in total. The van der Waals surface area contributed by atoms with Crippen LogP contribution >= 0.6 is 0 Å². The van der Waals surface area contributed by atoms with Gasteiger partial charge in [-0.15, -0.1) is 0 Å². The van der Waals surface area contributed by atoms with Gasteiger partial charge in [-0.1, -0.05) is 20.8 Å². The lowest BCUT2D eigenvalue weighted by Crippen LogP contribution is -2.19. The standard InChI is InChI=1S/C11H20O2/c1-5-6-10(13)8-11(3,4)7-9(2)12/h5-8H2,1-4H3. The van der Waals surface area contributed by atoms with Gasteiger partial charge in [0.2, 0.25) is 0 Å². The third-order valence-corrected chi connectivity index (χ3v) is 1.93. The first kappa shape index (κ1) is 12.3. The molecule has 0 aromatic heterocycles. The molecule has 0 saturated heterocycles. The highest BCUT2D eigenvalue weighted by atomic mass is 16.1. The summed E-state index contributed by atoms with van der Waals surface area (Å²) >= 11 is 0. The Bertz CT molecular complexity index is 192. The van der Waals surface area contributed by atoms with Gasteiger partial charge in [0.15, 0.2) is 0 Å². The molecule has 0 heterocycles. The quantitative estimate of drug-likeness (QED) is 0.636. The predicted octanol–water partition coefficient (Wildman–Crippen LogP) is 2.75. The average Bonchev–Trinajstić information content (AvgIpc) is 1.81. The van der Waals surface area contributed by atoms with Crippen LogP contribution in [0.15, 0.2) is 0 Å². The first-order valence-corrected chi connectivity index (χ1v) is 4.88.